The van der Waals surface area contributed by atoms with Gasteiger partial charge in [0.25, 0.3) is 0 Å². The smallest absolute Gasteiger partial charge is 0.123 e. The first kappa shape index (κ1) is 13.2. The number of hydrogen-bond donors (Lipinski definition) is 1. The molecule has 100 valence electrons. The molecule has 1 fully saturated rings. The van der Waals surface area contributed by atoms with Gasteiger partial charge in [-0.15, -0.1) is 0 Å². The summed E-state index contributed by atoms with van der Waals surface area (Å²) in [6, 6.07) is 6.16. The lowest BCUT2D eigenvalue weighted by molar-refractivity contribution is 0.116. The fraction of sp³-hybridized carbons (Fsp3) is 0.600. The lowest BCUT2D eigenvalue weighted by Gasteiger charge is -2.36. The first-order chi connectivity index (χ1) is 8.60. The lowest BCUT2D eigenvalue weighted by Crippen LogP contribution is -2.40. The van der Waals surface area contributed by atoms with Gasteiger partial charge in [-0.05, 0) is 31.7 Å². The molecule has 1 aromatic carbocycles. The lowest BCUT2D eigenvalue weighted by atomic mass is 9.94. The van der Waals surface area contributed by atoms with Crippen LogP contribution >= 0.6 is 0 Å². The second kappa shape index (κ2) is 5.61. The van der Waals surface area contributed by atoms with Crippen molar-refractivity contribution in [2.75, 3.05) is 13.7 Å². The van der Waals surface area contributed by atoms with Crippen LogP contribution in [0.15, 0.2) is 18.2 Å². The highest BCUT2D eigenvalue weighted by atomic mass is 16.5. The van der Waals surface area contributed by atoms with Crippen molar-refractivity contribution in [3.05, 3.63) is 23.8 Å². The topological polar surface area (TPSA) is 32.7 Å². The predicted octanol–water partition coefficient (Wildman–Crippen LogP) is 3.02. The standard InChI is InChI=1S/C15H23NO2/c1-11-4-5-12(2)16(9-11)10-13-6-7-14(18-3)8-15(13)17/h6-8,11-12,17H,4-5,9-10H2,1-3H3. The van der Waals surface area contributed by atoms with Gasteiger partial charge >= 0.3 is 0 Å². The molecule has 2 unspecified atom stereocenters. The number of phenols is 1. The molecule has 3 heteroatoms. The summed E-state index contributed by atoms with van der Waals surface area (Å²) in [5.74, 6) is 1.79. The molecule has 1 heterocycles. The summed E-state index contributed by atoms with van der Waals surface area (Å²) in [7, 11) is 1.61. The zero-order valence-corrected chi connectivity index (χ0v) is 11.5. The molecule has 2 atom stereocenters. The molecule has 0 saturated carbocycles. The maximum atomic E-state index is 10.00. The molecule has 1 aromatic rings. The van der Waals surface area contributed by atoms with Gasteiger partial charge in [-0.1, -0.05) is 13.0 Å². The Morgan fingerprint density at radius 2 is 2.11 bits per heavy atom. The molecule has 0 aromatic heterocycles. The Labute approximate surface area is 109 Å². The molecule has 0 spiro atoms. The van der Waals surface area contributed by atoms with E-state index in [1.807, 2.05) is 12.1 Å². The minimum absolute atomic E-state index is 0.333. The average Bonchev–Trinajstić information content (AvgIpc) is 2.36. The van der Waals surface area contributed by atoms with Gasteiger partial charge in [0, 0.05) is 30.8 Å². The average molecular weight is 249 g/mol. The monoisotopic (exact) mass is 249 g/mol. The molecule has 0 radical (unpaired) electrons. The highest BCUT2D eigenvalue weighted by Crippen LogP contribution is 2.28. The molecule has 0 amide bonds. The van der Waals surface area contributed by atoms with E-state index in [0.717, 1.165) is 24.6 Å². The third-order valence-electron chi connectivity index (χ3n) is 3.91. The Bertz CT molecular complexity index is 405. The third-order valence-corrected chi connectivity index (χ3v) is 3.91. The number of hydrogen-bond acceptors (Lipinski definition) is 3. The van der Waals surface area contributed by atoms with Crippen molar-refractivity contribution >= 4 is 0 Å². The number of aromatic hydroxyl groups is 1. The zero-order chi connectivity index (χ0) is 13.1. The maximum absolute atomic E-state index is 10.00. The van der Waals surface area contributed by atoms with Gasteiger partial charge < -0.3 is 9.84 Å². The van der Waals surface area contributed by atoms with E-state index in [1.54, 1.807) is 13.2 Å². The minimum Gasteiger partial charge on any atom is -0.507 e. The van der Waals surface area contributed by atoms with E-state index in [-0.39, 0.29) is 0 Å². The molecule has 1 aliphatic heterocycles. The first-order valence-electron chi connectivity index (χ1n) is 6.70. The molecule has 0 bridgehead atoms. The molecule has 2 rings (SSSR count). The molecular weight excluding hydrogens is 226 g/mol. The summed E-state index contributed by atoms with van der Waals surface area (Å²) in [6.45, 7) is 6.51. The van der Waals surface area contributed by atoms with Crippen LogP contribution in [0, 0.1) is 5.92 Å². The van der Waals surface area contributed by atoms with Crippen molar-refractivity contribution in [3.8, 4) is 11.5 Å². The van der Waals surface area contributed by atoms with Crippen LogP contribution in [0.4, 0.5) is 0 Å². The number of nitrogens with zero attached hydrogens (tertiary/aromatic N) is 1. The maximum Gasteiger partial charge on any atom is 0.123 e. The first-order valence-corrected chi connectivity index (χ1v) is 6.70. The number of methoxy groups -OCH3 is 1. The molecule has 18 heavy (non-hydrogen) atoms. The summed E-state index contributed by atoms with van der Waals surface area (Å²) in [6.07, 6.45) is 2.56. The van der Waals surface area contributed by atoms with Gasteiger partial charge in [0.05, 0.1) is 7.11 Å². The Kier molecular flexibility index (Phi) is 4.12. The molecule has 1 N–H and O–H groups in total. The Morgan fingerprint density at radius 1 is 1.33 bits per heavy atom. The summed E-state index contributed by atoms with van der Waals surface area (Å²) in [4.78, 5) is 2.45. The minimum atomic E-state index is 0.333. The van der Waals surface area contributed by atoms with Crippen LogP contribution in [0.5, 0.6) is 11.5 Å². The highest BCUT2D eigenvalue weighted by Gasteiger charge is 2.23. The SMILES string of the molecule is COc1ccc(CN2CC(C)CCC2C)c(O)c1. The number of rotatable bonds is 3. The van der Waals surface area contributed by atoms with Gasteiger partial charge in [-0.2, -0.15) is 0 Å². The van der Waals surface area contributed by atoms with Gasteiger partial charge in [0.1, 0.15) is 11.5 Å². The van der Waals surface area contributed by atoms with Crippen molar-refractivity contribution in [3.63, 3.8) is 0 Å². The van der Waals surface area contributed by atoms with Crippen LogP contribution in [-0.2, 0) is 6.54 Å². The molecule has 3 nitrogen and oxygen atoms in total. The van der Waals surface area contributed by atoms with Gasteiger partial charge in [-0.25, -0.2) is 0 Å². The highest BCUT2D eigenvalue weighted by molar-refractivity contribution is 5.39. The summed E-state index contributed by atoms with van der Waals surface area (Å²) < 4.78 is 5.10. The van der Waals surface area contributed by atoms with Crippen LogP contribution in [-0.4, -0.2) is 29.7 Å². The van der Waals surface area contributed by atoms with Crippen molar-refractivity contribution < 1.29 is 9.84 Å². The summed E-state index contributed by atoms with van der Waals surface area (Å²) in [5, 5.41) is 10.00. The number of benzene rings is 1. The molecular formula is C15H23NO2. The van der Waals surface area contributed by atoms with Crippen molar-refractivity contribution in [2.45, 2.75) is 39.3 Å². The van der Waals surface area contributed by atoms with E-state index >= 15 is 0 Å². The van der Waals surface area contributed by atoms with Gasteiger partial charge in [-0.3, -0.25) is 4.90 Å². The van der Waals surface area contributed by atoms with Crippen LogP contribution in [0.3, 0.4) is 0 Å². The van der Waals surface area contributed by atoms with E-state index in [0.29, 0.717) is 17.5 Å². The molecule has 1 aliphatic rings. The third kappa shape index (κ3) is 2.96. The van der Waals surface area contributed by atoms with Crippen LogP contribution in [0.1, 0.15) is 32.3 Å². The Morgan fingerprint density at radius 3 is 2.78 bits per heavy atom. The fourth-order valence-electron chi connectivity index (χ4n) is 2.62. The van der Waals surface area contributed by atoms with Crippen molar-refractivity contribution in [1.82, 2.24) is 4.90 Å². The number of likely N-dealkylation sites (tertiary alicyclic amines) is 1. The quantitative estimate of drug-likeness (QED) is 0.893. The Hall–Kier alpha value is -1.22. The number of piperidine rings is 1. The van der Waals surface area contributed by atoms with E-state index < -0.39 is 0 Å². The zero-order valence-electron chi connectivity index (χ0n) is 11.5. The second-order valence-corrected chi connectivity index (χ2v) is 5.46. The van der Waals surface area contributed by atoms with E-state index in [2.05, 4.69) is 18.7 Å². The fourth-order valence-corrected chi connectivity index (χ4v) is 2.62. The number of ether oxygens (including phenoxy) is 1. The summed E-state index contributed by atoms with van der Waals surface area (Å²) in [5.41, 5.74) is 0.983. The molecule has 1 saturated heterocycles. The summed E-state index contributed by atoms with van der Waals surface area (Å²) >= 11 is 0. The van der Waals surface area contributed by atoms with Crippen LogP contribution < -0.4 is 4.74 Å². The van der Waals surface area contributed by atoms with Crippen molar-refractivity contribution in [2.24, 2.45) is 5.92 Å². The van der Waals surface area contributed by atoms with Crippen LogP contribution in [0.2, 0.25) is 0 Å². The van der Waals surface area contributed by atoms with E-state index in [1.165, 1.54) is 12.8 Å². The van der Waals surface area contributed by atoms with Gasteiger partial charge in [0.15, 0.2) is 0 Å². The van der Waals surface area contributed by atoms with Crippen molar-refractivity contribution in [1.29, 1.82) is 0 Å². The largest absolute Gasteiger partial charge is 0.507 e. The second-order valence-electron chi connectivity index (χ2n) is 5.46. The van der Waals surface area contributed by atoms with Gasteiger partial charge in [0.2, 0.25) is 0 Å². The number of phenolic OH excluding ortho intramolecular Hbond substituents is 1. The van der Waals surface area contributed by atoms with Crippen LogP contribution in [0.25, 0.3) is 0 Å². The molecule has 0 aliphatic carbocycles. The normalized spacial score (nSPS) is 25.1. The predicted molar refractivity (Wildman–Crippen MR) is 72.9 cm³/mol. The van der Waals surface area contributed by atoms with E-state index in [4.69, 9.17) is 4.74 Å². The van der Waals surface area contributed by atoms with E-state index in [9.17, 15) is 5.11 Å². The Balaban J connectivity index is 2.08.